The number of rotatable bonds is 3. The number of para-hydroxylation sites is 1. The Labute approximate surface area is 147 Å². The van der Waals surface area contributed by atoms with E-state index in [1.807, 2.05) is 18.2 Å². The van der Waals surface area contributed by atoms with Crippen molar-refractivity contribution in [1.82, 2.24) is 0 Å². The summed E-state index contributed by atoms with van der Waals surface area (Å²) in [5, 5.41) is 10.9. The molecule has 0 unspecified atom stereocenters. The number of carbonyl (C=O) groups excluding carboxylic acids is 1. The predicted octanol–water partition coefficient (Wildman–Crippen LogP) is 3.91. The standard InChI is InChI=1S/C20H14O6/c1-11-14-4-2-3-5-16(14)26-19(11)20(23)24-10-12-8-18(22)25-17-9-13(21)6-7-15(12)17/h2-9,21H,10H2,1H3. The third-order valence-electron chi connectivity index (χ3n) is 4.20. The third kappa shape index (κ3) is 2.71. The van der Waals surface area contributed by atoms with Crippen LogP contribution in [-0.4, -0.2) is 11.1 Å². The smallest absolute Gasteiger partial charge is 0.374 e. The number of hydrogen-bond acceptors (Lipinski definition) is 6. The first-order valence-electron chi connectivity index (χ1n) is 7.94. The molecule has 130 valence electrons. The lowest BCUT2D eigenvalue weighted by atomic mass is 10.1. The number of phenolic OH excluding ortho intramolecular Hbond substituents is 1. The summed E-state index contributed by atoms with van der Waals surface area (Å²) in [6, 6.07) is 13.0. The van der Waals surface area contributed by atoms with Crippen molar-refractivity contribution in [2.75, 3.05) is 0 Å². The zero-order valence-electron chi connectivity index (χ0n) is 13.8. The van der Waals surface area contributed by atoms with E-state index in [0.29, 0.717) is 22.1 Å². The van der Waals surface area contributed by atoms with Crippen LogP contribution >= 0.6 is 0 Å². The Morgan fingerprint density at radius 3 is 2.65 bits per heavy atom. The van der Waals surface area contributed by atoms with Gasteiger partial charge in [-0.15, -0.1) is 0 Å². The van der Waals surface area contributed by atoms with E-state index < -0.39 is 11.6 Å². The second kappa shape index (κ2) is 6.07. The third-order valence-corrected chi connectivity index (χ3v) is 4.20. The highest BCUT2D eigenvalue weighted by Crippen LogP contribution is 2.26. The fraction of sp³-hybridized carbons (Fsp3) is 0.100. The summed E-state index contributed by atoms with van der Waals surface area (Å²) < 4.78 is 16.0. The lowest BCUT2D eigenvalue weighted by Crippen LogP contribution is -2.08. The molecule has 0 amide bonds. The average molecular weight is 350 g/mol. The lowest BCUT2D eigenvalue weighted by Gasteiger charge is -2.07. The van der Waals surface area contributed by atoms with Gasteiger partial charge in [0.05, 0.1) is 0 Å². The maximum atomic E-state index is 12.4. The topological polar surface area (TPSA) is 89.9 Å². The highest BCUT2D eigenvalue weighted by Gasteiger charge is 2.19. The van der Waals surface area contributed by atoms with Crippen molar-refractivity contribution in [2.24, 2.45) is 0 Å². The van der Waals surface area contributed by atoms with Gasteiger partial charge in [0.25, 0.3) is 0 Å². The molecule has 0 fully saturated rings. The van der Waals surface area contributed by atoms with Crippen molar-refractivity contribution in [3.63, 3.8) is 0 Å². The average Bonchev–Trinajstić information content (AvgIpc) is 2.96. The maximum absolute atomic E-state index is 12.4. The molecule has 0 saturated heterocycles. The van der Waals surface area contributed by atoms with Gasteiger partial charge in [-0.2, -0.15) is 0 Å². The summed E-state index contributed by atoms with van der Waals surface area (Å²) >= 11 is 0. The molecular weight excluding hydrogens is 336 g/mol. The minimum absolute atomic E-state index is 0.0207. The lowest BCUT2D eigenvalue weighted by molar-refractivity contribution is 0.0438. The van der Waals surface area contributed by atoms with Crippen LogP contribution in [0.15, 0.2) is 62.2 Å². The van der Waals surface area contributed by atoms with Gasteiger partial charge in [0, 0.05) is 34.0 Å². The first-order chi connectivity index (χ1) is 12.5. The minimum Gasteiger partial charge on any atom is -0.508 e. The number of phenols is 1. The van der Waals surface area contributed by atoms with E-state index in [-0.39, 0.29) is 23.7 Å². The number of aromatic hydroxyl groups is 1. The maximum Gasteiger partial charge on any atom is 0.374 e. The molecular formula is C20H14O6. The molecule has 6 nitrogen and oxygen atoms in total. The molecule has 0 spiro atoms. The van der Waals surface area contributed by atoms with Crippen LogP contribution < -0.4 is 5.63 Å². The fourth-order valence-electron chi connectivity index (χ4n) is 2.92. The summed E-state index contributed by atoms with van der Waals surface area (Å²) in [6.45, 7) is 1.67. The number of carbonyl (C=O) groups is 1. The SMILES string of the molecule is Cc1c(C(=O)OCc2cc(=O)oc3cc(O)ccc23)oc2ccccc12. The van der Waals surface area contributed by atoms with Crippen molar-refractivity contribution in [3.8, 4) is 5.75 Å². The molecule has 0 aliphatic rings. The zero-order valence-corrected chi connectivity index (χ0v) is 13.8. The quantitative estimate of drug-likeness (QED) is 0.445. The van der Waals surface area contributed by atoms with Crippen molar-refractivity contribution >= 4 is 27.9 Å². The Morgan fingerprint density at radius 2 is 1.85 bits per heavy atom. The molecule has 0 atom stereocenters. The normalized spacial score (nSPS) is 11.1. The van der Waals surface area contributed by atoms with Gasteiger partial charge >= 0.3 is 11.6 Å². The van der Waals surface area contributed by atoms with Crippen LogP contribution in [0, 0.1) is 6.92 Å². The molecule has 6 heteroatoms. The molecule has 0 aliphatic heterocycles. The number of fused-ring (bicyclic) bond motifs is 2. The molecule has 0 radical (unpaired) electrons. The Balaban J connectivity index is 1.64. The van der Waals surface area contributed by atoms with Crippen molar-refractivity contribution in [1.29, 1.82) is 0 Å². The van der Waals surface area contributed by atoms with Gasteiger partial charge in [0.1, 0.15) is 23.5 Å². The highest BCUT2D eigenvalue weighted by molar-refractivity contribution is 5.96. The summed E-state index contributed by atoms with van der Waals surface area (Å²) in [4.78, 5) is 24.1. The Hall–Kier alpha value is -3.54. The van der Waals surface area contributed by atoms with Crippen LogP contribution in [0.5, 0.6) is 5.75 Å². The summed E-state index contributed by atoms with van der Waals surface area (Å²) in [5.74, 6) is -0.498. The monoisotopic (exact) mass is 350 g/mol. The van der Waals surface area contributed by atoms with Crippen LogP contribution in [0.25, 0.3) is 21.9 Å². The van der Waals surface area contributed by atoms with Crippen LogP contribution in [0.1, 0.15) is 21.7 Å². The number of furan rings is 1. The summed E-state index contributed by atoms with van der Waals surface area (Å²) in [7, 11) is 0. The Bertz CT molecular complexity index is 1200. The fourth-order valence-corrected chi connectivity index (χ4v) is 2.92. The van der Waals surface area contributed by atoms with Gasteiger partial charge in [-0.1, -0.05) is 18.2 Å². The number of esters is 1. The van der Waals surface area contributed by atoms with E-state index in [1.54, 1.807) is 19.1 Å². The van der Waals surface area contributed by atoms with Gasteiger partial charge in [-0.25, -0.2) is 9.59 Å². The van der Waals surface area contributed by atoms with E-state index in [0.717, 1.165) is 5.39 Å². The van der Waals surface area contributed by atoms with Crippen molar-refractivity contribution in [3.05, 3.63) is 75.8 Å². The largest absolute Gasteiger partial charge is 0.508 e. The van der Waals surface area contributed by atoms with Crippen LogP contribution in [-0.2, 0) is 11.3 Å². The van der Waals surface area contributed by atoms with Gasteiger partial charge < -0.3 is 18.7 Å². The molecule has 2 aromatic heterocycles. The number of benzene rings is 2. The number of hydrogen-bond donors (Lipinski definition) is 1. The van der Waals surface area contributed by atoms with E-state index >= 15 is 0 Å². The van der Waals surface area contributed by atoms with Gasteiger partial charge in [-0.05, 0) is 25.1 Å². The number of aryl methyl sites for hydroxylation is 1. The molecule has 4 rings (SSSR count). The second-order valence-electron chi connectivity index (χ2n) is 5.90. The van der Waals surface area contributed by atoms with Crippen LogP contribution in [0.2, 0.25) is 0 Å². The predicted molar refractivity (Wildman–Crippen MR) is 94.2 cm³/mol. The molecule has 2 heterocycles. The van der Waals surface area contributed by atoms with Crippen molar-refractivity contribution in [2.45, 2.75) is 13.5 Å². The minimum atomic E-state index is -0.612. The van der Waals surface area contributed by atoms with Crippen LogP contribution in [0.4, 0.5) is 0 Å². The first kappa shape index (κ1) is 16.0. The Kier molecular flexibility index (Phi) is 3.73. The molecule has 4 aromatic rings. The number of ether oxygens (including phenoxy) is 1. The molecule has 1 N–H and O–H groups in total. The first-order valence-corrected chi connectivity index (χ1v) is 7.94. The molecule has 0 aliphatic carbocycles. The molecule has 26 heavy (non-hydrogen) atoms. The van der Waals surface area contributed by atoms with E-state index in [2.05, 4.69) is 0 Å². The van der Waals surface area contributed by atoms with E-state index in [9.17, 15) is 14.7 Å². The van der Waals surface area contributed by atoms with Crippen LogP contribution in [0.3, 0.4) is 0 Å². The molecule has 2 aromatic carbocycles. The highest BCUT2D eigenvalue weighted by atomic mass is 16.5. The van der Waals surface area contributed by atoms with E-state index in [1.165, 1.54) is 18.2 Å². The molecule has 0 bridgehead atoms. The van der Waals surface area contributed by atoms with Gasteiger partial charge in [0.2, 0.25) is 5.76 Å². The van der Waals surface area contributed by atoms with Gasteiger partial charge in [-0.3, -0.25) is 0 Å². The zero-order chi connectivity index (χ0) is 18.3. The Morgan fingerprint density at radius 1 is 1.04 bits per heavy atom. The van der Waals surface area contributed by atoms with E-state index in [4.69, 9.17) is 13.6 Å². The summed E-state index contributed by atoms with van der Waals surface area (Å²) in [5.41, 5.74) is 1.43. The summed E-state index contributed by atoms with van der Waals surface area (Å²) in [6.07, 6.45) is 0. The van der Waals surface area contributed by atoms with Crippen molar-refractivity contribution < 1.29 is 23.5 Å². The molecule has 0 saturated carbocycles. The van der Waals surface area contributed by atoms with Gasteiger partial charge in [0.15, 0.2) is 0 Å². The second-order valence-corrected chi connectivity index (χ2v) is 5.90.